The molecular weight excluding hydrogens is 422 g/mol. The van der Waals surface area contributed by atoms with Crippen molar-refractivity contribution in [2.45, 2.75) is 39.2 Å². The molecule has 0 aliphatic heterocycles. The molecule has 0 aliphatic rings. The van der Waals surface area contributed by atoms with Crippen LogP contribution in [-0.4, -0.2) is 42.1 Å². The first-order valence-electron chi connectivity index (χ1n) is 10.8. The van der Waals surface area contributed by atoms with E-state index in [1.807, 2.05) is 32.0 Å². The second kappa shape index (κ2) is 13.5. The Morgan fingerprint density at radius 1 is 1.15 bits per heavy atom. The van der Waals surface area contributed by atoms with E-state index in [1.54, 1.807) is 36.7 Å². The number of nitrogens with one attached hydrogen (secondary N) is 3. The Labute approximate surface area is 193 Å². The summed E-state index contributed by atoms with van der Waals surface area (Å²) in [6.45, 7) is 4.03. The molecule has 174 valence electrons. The molecule has 33 heavy (non-hydrogen) atoms. The second-order valence-electron chi connectivity index (χ2n) is 7.83. The van der Waals surface area contributed by atoms with Crippen LogP contribution in [0.25, 0.3) is 0 Å². The van der Waals surface area contributed by atoms with Crippen LogP contribution in [0, 0.1) is 17.2 Å². The molecule has 1 aromatic heterocycles. The van der Waals surface area contributed by atoms with Crippen molar-refractivity contribution in [3.63, 3.8) is 0 Å². The summed E-state index contributed by atoms with van der Waals surface area (Å²) in [4.78, 5) is 40.8. The highest BCUT2D eigenvalue weighted by Crippen LogP contribution is 2.12. The molecule has 0 bridgehead atoms. The quantitative estimate of drug-likeness (QED) is 0.355. The number of ether oxygens (including phenoxy) is 1. The maximum atomic E-state index is 12.6. The zero-order valence-corrected chi connectivity index (χ0v) is 18.8. The van der Waals surface area contributed by atoms with E-state index in [0.29, 0.717) is 24.1 Å². The van der Waals surface area contributed by atoms with Crippen LogP contribution in [0.5, 0.6) is 0 Å². The van der Waals surface area contributed by atoms with Crippen LogP contribution in [0.2, 0.25) is 0 Å². The zero-order valence-electron chi connectivity index (χ0n) is 18.8. The molecule has 1 heterocycles. The van der Waals surface area contributed by atoms with E-state index < -0.39 is 23.9 Å². The van der Waals surface area contributed by atoms with E-state index in [1.165, 1.54) is 0 Å². The van der Waals surface area contributed by atoms with E-state index in [9.17, 15) is 14.4 Å². The number of amides is 3. The lowest BCUT2D eigenvalue weighted by atomic mass is 10.0. The lowest BCUT2D eigenvalue weighted by Gasteiger charge is -2.19. The van der Waals surface area contributed by atoms with Crippen LogP contribution < -0.4 is 16.0 Å². The maximum Gasteiger partial charge on any atom is 0.411 e. The van der Waals surface area contributed by atoms with Crippen LogP contribution in [0.15, 0.2) is 48.8 Å². The number of pyridine rings is 1. The predicted octanol–water partition coefficient (Wildman–Crippen LogP) is 3.05. The normalized spacial score (nSPS) is 11.2. The molecule has 1 atom stereocenters. The predicted molar refractivity (Wildman–Crippen MR) is 123 cm³/mol. The molecule has 2 rings (SSSR count). The lowest BCUT2D eigenvalue weighted by molar-refractivity contribution is -0.123. The molecule has 1 aromatic carbocycles. The molecule has 3 N–H and O–H groups in total. The Kier molecular flexibility index (Phi) is 10.3. The van der Waals surface area contributed by atoms with E-state index in [2.05, 4.69) is 20.9 Å². The number of aromatic nitrogens is 1. The Balaban J connectivity index is 1.82. The van der Waals surface area contributed by atoms with Gasteiger partial charge in [0.15, 0.2) is 0 Å². The second-order valence-corrected chi connectivity index (χ2v) is 7.83. The number of nitrogens with zero attached hydrogens (tertiary/aromatic N) is 2. The fourth-order valence-electron chi connectivity index (χ4n) is 3.04. The zero-order chi connectivity index (χ0) is 24.1. The number of nitriles is 1. The van der Waals surface area contributed by atoms with Gasteiger partial charge in [0.1, 0.15) is 12.6 Å². The molecule has 0 saturated heterocycles. The molecular formula is C24H29N5O4. The molecule has 9 heteroatoms. The van der Waals surface area contributed by atoms with Crippen molar-refractivity contribution in [1.29, 1.82) is 5.26 Å². The first-order valence-corrected chi connectivity index (χ1v) is 10.8. The fourth-order valence-corrected chi connectivity index (χ4v) is 3.04. The minimum atomic E-state index is -0.745. The Bertz CT molecular complexity index is 955. The van der Waals surface area contributed by atoms with Gasteiger partial charge in [0.05, 0.1) is 12.7 Å². The number of hydrogen-bond acceptors (Lipinski definition) is 6. The van der Waals surface area contributed by atoms with Gasteiger partial charge in [0, 0.05) is 23.6 Å². The summed E-state index contributed by atoms with van der Waals surface area (Å²) >= 11 is 0. The Morgan fingerprint density at radius 2 is 1.91 bits per heavy atom. The van der Waals surface area contributed by atoms with Gasteiger partial charge in [0.2, 0.25) is 5.91 Å². The number of carbonyl (C=O) groups excluding carboxylic acids is 3. The number of aryl methyl sites for hydroxylation is 1. The first kappa shape index (κ1) is 25.3. The van der Waals surface area contributed by atoms with Crippen LogP contribution in [0.1, 0.15) is 42.6 Å². The van der Waals surface area contributed by atoms with Crippen molar-refractivity contribution in [3.05, 3.63) is 59.9 Å². The molecule has 0 saturated carbocycles. The highest BCUT2D eigenvalue weighted by Gasteiger charge is 2.22. The molecule has 1 unspecified atom stereocenters. The Morgan fingerprint density at radius 3 is 2.55 bits per heavy atom. The summed E-state index contributed by atoms with van der Waals surface area (Å²) in [7, 11) is 0. The van der Waals surface area contributed by atoms with E-state index >= 15 is 0 Å². The molecule has 0 spiro atoms. The van der Waals surface area contributed by atoms with Gasteiger partial charge in [-0.05, 0) is 61.1 Å². The van der Waals surface area contributed by atoms with Crippen LogP contribution in [0.3, 0.4) is 0 Å². The van der Waals surface area contributed by atoms with Gasteiger partial charge in [-0.15, -0.1) is 0 Å². The number of anilines is 1. The van der Waals surface area contributed by atoms with E-state index in [-0.39, 0.29) is 19.1 Å². The third-order valence-corrected chi connectivity index (χ3v) is 4.63. The number of rotatable bonds is 11. The van der Waals surface area contributed by atoms with Gasteiger partial charge in [0.25, 0.3) is 5.91 Å². The lowest BCUT2D eigenvalue weighted by Crippen LogP contribution is -2.47. The summed E-state index contributed by atoms with van der Waals surface area (Å²) in [5.41, 5.74) is 1.90. The first-order chi connectivity index (χ1) is 15.9. The standard InChI is InChI=1S/C24H29N5O4/c1-17(2)15-21(23(31)27-13-11-25)29-22(30)19-7-9-20(10-8-19)28-24(32)33-14-4-6-18-5-3-12-26-16-18/h3,5,7-10,12,16-17,21H,4,6,13-15H2,1-2H3,(H,27,31)(H,28,32)(H,29,30). The van der Waals surface area contributed by atoms with Gasteiger partial charge in [-0.3, -0.25) is 19.9 Å². The largest absolute Gasteiger partial charge is 0.449 e. The van der Waals surface area contributed by atoms with Crippen molar-refractivity contribution in [2.24, 2.45) is 5.92 Å². The van der Waals surface area contributed by atoms with Gasteiger partial charge in [-0.1, -0.05) is 19.9 Å². The molecule has 0 aliphatic carbocycles. The highest BCUT2D eigenvalue weighted by molar-refractivity contribution is 5.98. The maximum absolute atomic E-state index is 12.6. The topological polar surface area (TPSA) is 133 Å². The molecule has 3 amide bonds. The summed E-state index contributed by atoms with van der Waals surface area (Å²) in [6, 6.07) is 11.2. The monoisotopic (exact) mass is 451 g/mol. The van der Waals surface area contributed by atoms with Crippen molar-refractivity contribution in [1.82, 2.24) is 15.6 Å². The number of carbonyl (C=O) groups is 3. The molecule has 2 aromatic rings. The smallest absolute Gasteiger partial charge is 0.411 e. The van der Waals surface area contributed by atoms with Gasteiger partial charge < -0.3 is 15.4 Å². The summed E-state index contributed by atoms with van der Waals surface area (Å²) in [5, 5.41) is 16.4. The summed E-state index contributed by atoms with van der Waals surface area (Å²) in [5.74, 6) is -0.648. The minimum absolute atomic E-state index is 0.122. The van der Waals surface area contributed by atoms with Gasteiger partial charge in [-0.25, -0.2) is 4.79 Å². The van der Waals surface area contributed by atoms with E-state index in [0.717, 1.165) is 12.0 Å². The molecule has 0 radical (unpaired) electrons. The Hall–Kier alpha value is -3.93. The van der Waals surface area contributed by atoms with Gasteiger partial charge in [-0.2, -0.15) is 5.26 Å². The van der Waals surface area contributed by atoms with Crippen LogP contribution >= 0.6 is 0 Å². The third kappa shape index (κ3) is 9.39. The van der Waals surface area contributed by atoms with Crippen molar-refractivity contribution < 1.29 is 19.1 Å². The minimum Gasteiger partial charge on any atom is -0.449 e. The van der Waals surface area contributed by atoms with E-state index in [4.69, 9.17) is 10.00 Å². The van der Waals surface area contributed by atoms with Crippen molar-refractivity contribution in [3.8, 4) is 6.07 Å². The SMILES string of the molecule is CC(C)CC(NC(=O)c1ccc(NC(=O)OCCCc2cccnc2)cc1)C(=O)NCC#N. The van der Waals surface area contributed by atoms with Gasteiger partial charge >= 0.3 is 6.09 Å². The van der Waals surface area contributed by atoms with Crippen molar-refractivity contribution in [2.75, 3.05) is 18.5 Å². The number of benzene rings is 1. The molecule has 9 nitrogen and oxygen atoms in total. The highest BCUT2D eigenvalue weighted by atomic mass is 16.5. The molecule has 0 fully saturated rings. The summed E-state index contributed by atoms with van der Waals surface area (Å²) < 4.78 is 5.18. The van der Waals surface area contributed by atoms with Crippen LogP contribution in [-0.2, 0) is 16.0 Å². The summed E-state index contributed by atoms with van der Waals surface area (Å²) in [6.07, 6.45) is 4.79. The average molecular weight is 452 g/mol. The number of hydrogen-bond donors (Lipinski definition) is 3. The fraction of sp³-hybridized carbons (Fsp3) is 0.375. The van der Waals surface area contributed by atoms with Crippen LogP contribution in [0.4, 0.5) is 10.5 Å². The van der Waals surface area contributed by atoms with Crippen molar-refractivity contribution >= 4 is 23.6 Å². The average Bonchev–Trinajstić information content (AvgIpc) is 2.80. The third-order valence-electron chi connectivity index (χ3n) is 4.63.